The summed E-state index contributed by atoms with van der Waals surface area (Å²) >= 11 is 12.2. The zero-order valence-corrected chi connectivity index (χ0v) is 19.9. The minimum Gasteiger partial charge on any atom is -0.491 e. The van der Waals surface area contributed by atoms with Crippen molar-refractivity contribution in [1.82, 2.24) is 4.90 Å². The monoisotopic (exact) mass is 502 g/mol. The Hall–Kier alpha value is -2.64. The smallest absolute Gasteiger partial charge is 0.145 e. The van der Waals surface area contributed by atoms with Gasteiger partial charge in [0.1, 0.15) is 30.4 Å². The highest BCUT2D eigenvalue weighted by Crippen LogP contribution is 2.26. The highest BCUT2D eigenvalue weighted by atomic mass is 35.5. The molecule has 8 heteroatoms. The van der Waals surface area contributed by atoms with Crippen molar-refractivity contribution in [3.05, 3.63) is 99.8 Å². The summed E-state index contributed by atoms with van der Waals surface area (Å²) in [5.41, 5.74) is 2.58. The molecule has 0 saturated carbocycles. The summed E-state index contributed by atoms with van der Waals surface area (Å²) in [6, 6.07) is 21.1. The normalized spacial score (nSPS) is 16.3. The average molecular weight is 503 g/mol. The fourth-order valence-corrected chi connectivity index (χ4v) is 4.07. The molecule has 178 valence electrons. The summed E-state index contributed by atoms with van der Waals surface area (Å²) in [6.07, 6.45) is -0.334. The SMILES string of the molecule is OC(COc1ccccc1)CN(Cc1ccc(F)cc1)CC1CC(c2ccc(Cl)c(Cl)c2)=NO1. The number of aliphatic hydroxyl groups excluding tert-OH is 1. The van der Waals surface area contributed by atoms with Crippen LogP contribution in [0.4, 0.5) is 4.39 Å². The van der Waals surface area contributed by atoms with Crippen LogP contribution in [0.25, 0.3) is 0 Å². The summed E-state index contributed by atoms with van der Waals surface area (Å²) in [5, 5.41) is 15.8. The molecule has 1 aliphatic heterocycles. The molecule has 1 N–H and O–H groups in total. The number of rotatable bonds is 10. The summed E-state index contributed by atoms with van der Waals surface area (Å²) in [4.78, 5) is 7.75. The van der Waals surface area contributed by atoms with E-state index in [9.17, 15) is 9.50 Å². The molecule has 34 heavy (non-hydrogen) atoms. The maximum absolute atomic E-state index is 13.4. The zero-order valence-electron chi connectivity index (χ0n) is 18.4. The quantitative estimate of drug-likeness (QED) is 0.393. The molecule has 3 aromatic carbocycles. The third kappa shape index (κ3) is 6.93. The molecule has 0 spiro atoms. The van der Waals surface area contributed by atoms with Crippen molar-refractivity contribution in [3.63, 3.8) is 0 Å². The predicted molar refractivity (Wildman–Crippen MR) is 132 cm³/mol. The number of ether oxygens (including phenoxy) is 1. The van der Waals surface area contributed by atoms with E-state index in [1.807, 2.05) is 36.4 Å². The number of hydrogen-bond donors (Lipinski definition) is 1. The van der Waals surface area contributed by atoms with Crippen LogP contribution < -0.4 is 4.74 Å². The molecule has 0 bridgehead atoms. The van der Waals surface area contributed by atoms with Crippen LogP contribution >= 0.6 is 23.2 Å². The minimum absolute atomic E-state index is 0.153. The molecule has 0 amide bonds. The van der Waals surface area contributed by atoms with E-state index in [-0.39, 0.29) is 18.5 Å². The number of benzene rings is 3. The first-order valence-corrected chi connectivity index (χ1v) is 11.7. The van der Waals surface area contributed by atoms with E-state index in [0.29, 0.717) is 41.8 Å². The van der Waals surface area contributed by atoms with Crippen LogP contribution in [0.15, 0.2) is 78.0 Å². The Labute approximate surface area is 208 Å². The van der Waals surface area contributed by atoms with Gasteiger partial charge in [0.15, 0.2) is 0 Å². The molecule has 0 saturated heterocycles. The van der Waals surface area contributed by atoms with Crippen LogP contribution in [0, 0.1) is 5.82 Å². The Morgan fingerprint density at radius 3 is 2.56 bits per heavy atom. The first-order chi connectivity index (χ1) is 16.5. The molecule has 0 aliphatic carbocycles. The molecular weight excluding hydrogens is 478 g/mol. The lowest BCUT2D eigenvalue weighted by Crippen LogP contribution is -2.39. The summed E-state index contributed by atoms with van der Waals surface area (Å²) < 4.78 is 19.1. The Kier molecular flexibility index (Phi) is 8.40. The second kappa shape index (κ2) is 11.7. The van der Waals surface area contributed by atoms with Crippen molar-refractivity contribution < 1.29 is 19.1 Å². The van der Waals surface area contributed by atoms with E-state index in [0.717, 1.165) is 16.8 Å². The fraction of sp³-hybridized carbons (Fsp3) is 0.269. The van der Waals surface area contributed by atoms with Crippen molar-refractivity contribution in [2.45, 2.75) is 25.2 Å². The molecule has 0 fully saturated rings. The number of para-hydroxylation sites is 1. The van der Waals surface area contributed by atoms with Crippen molar-refractivity contribution in [2.75, 3.05) is 19.7 Å². The number of hydrogen-bond acceptors (Lipinski definition) is 5. The topological polar surface area (TPSA) is 54.3 Å². The fourth-order valence-electron chi connectivity index (χ4n) is 3.77. The molecule has 0 aromatic heterocycles. The van der Waals surface area contributed by atoms with E-state index in [4.69, 9.17) is 32.8 Å². The largest absolute Gasteiger partial charge is 0.491 e. The number of nitrogens with zero attached hydrogens (tertiary/aromatic N) is 2. The lowest BCUT2D eigenvalue weighted by atomic mass is 10.0. The first kappa shape index (κ1) is 24.5. The van der Waals surface area contributed by atoms with Gasteiger partial charge in [-0.3, -0.25) is 4.90 Å². The van der Waals surface area contributed by atoms with Crippen LogP contribution in [0.3, 0.4) is 0 Å². The molecule has 5 nitrogen and oxygen atoms in total. The van der Waals surface area contributed by atoms with Gasteiger partial charge in [-0.2, -0.15) is 0 Å². The molecule has 1 heterocycles. The van der Waals surface area contributed by atoms with Gasteiger partial charge in [-0.25, -0.2) is 4.39 Å². The van der Waals surface area contributed by atoms with Crippen LogP contribution in [0.5, 0.6) is 5.75 Å². The van der Waals surface area contributed by atoms with Gasteiger partial charge in [0.05, 0.1) is 15.8 Å². The lowest BCUT2D eigenvalue weighted by molar-refractivity contribution is 0.0213. The van der Waals surface area contributed by atoms with Gasteiger partial charge in [0.25, 0.3) is 0 Å². The second-order valence-corrected chi connectivity index (χ2v) is 9.01. The number of oxime groups is 1. The predicted octanol–water partition coefficient (Wildman–Crippen LogP) is 5.57. The average Bonchev–Trinajstić information content (AvgIpc) is 3.30. The van der Waals surface area contributed by atoms with Gasteiger partial charge in [-0.1, -0.05) is 64.8 Å². The lowest BCUT2D eigenvalue weighted by Gasteiger charge is -2.27. The van der Waals surface area contributed by atoms with Crippen LogP contribution in [-0.2, 0) is 11.4 Å². The van der Waals surface area contributed by atoms with Crippen LogP contribution in [0.1, 0.15) is 17.5 Å². The highest BCUT2D eigenvalue weighted by molar-refractivity contribution is 6.42. The van der Waals surface area contributed by atoms with E-state index in [1.54, 1.807) is 24.3 Å². The van der Waals surface area contributed by atoms with E-state index in [2.05, 4.69) is 10.1 Å². The zero-order chi connectivity index (χ0) is 23.9. The minimum atomic E-state index is -0.725. The third-order valence-electron chi connectivity index (χ3n) is 5.42. The number of aliphatic hydroxyl groups is 1. The first-order valence-electron chi connectivity index (χ1n) is 11.0. The second-order valence-electron chi connectivity index (χ2n) is 8.20. The van der Waals surface area contributed by atoms with Gasteiger partial charge < -0.3 is 14.7 Å². The van der Waals surface area contributed by atoms with Gasteiger partial charge in [0.2, 0.25) is 0 Å². The van der Waals surface area contributed by atoms with Crippen molar-refractivity contribution in [1.29, 1.82) is 0 Å². The molecule has 2 atom stereocenters. The summed E-state index contributed by atoms with van der Waals surface area (Å²) in [6.45, 7) is 1.55. The molecule has 4 rings (SSSR count). The molecule has 2 unspecified atom stereocenters. The molecular formula is C26H25Cl2FN2O3. The van der Waals surface area contributed by atoms with Gasteiger partial charge in [-0.05, 0) is 42.0 Å². The molecule has 0 radical (unpaired) electrons. The molecule has 3 aromatic rings. The van der Waals surface area contributed by atoms with Crippen LogP contribution in [-0.4, -0.2) is 47.6 Å². The maximum Gasteiger partial charge on any atom is 0.145 e. The van der Waals surface area contributed by atoms with E-state index < -0.39 is 6.10 Å². The van der Waals surface area contributed by atoms with Gasteiger partial charge >= 0.3 is 0 Å². The Bertz CT molecular complexity index is 1110. The highest BCUT2D eigenvalue weighted by Gasteiger charge is 2.26. The summed E-state index contributed by atoms with van der Waals surface area (Å²) in [7, 11) is 0. The van der Waals surface area contributed by atoms with Crippen molar-refractivity contribution in [2.24, 2.45) is 5.16 Å². The van der Waals surface area contributed by atoms with Crippen molar-refractivity contribution in [3.8, 4) is 5.75 Å². The Balaban J connectivity index is 1.38. The Morgan fingerprint density at radius 1 is 1.06 bits per heavy atom. The standard InChI is InChI=1S/C26H25Cl2FN2O3/c27-24-11-8-19(12-25(24)28)26-13-23(34-30-26)16-31(14-18-6-9-20(29)10-7-18)15-21(32)17-33-22-4-2-1-3-5-22/h1-12,21,23,32H,13-17H2. The maximum atomic E-state index is 13.4. The molecule has 1 aliphatic rings. The Morgan fingerprint density at radius 2 is 1.82 bits per heavy atom. The van der Waals surface area contributed by atoms with Crippen molar-refractivity contribution >= 4 is 28.9 Å². The van der Waals surface area contributed by atoms with Gasteiger partial charge in [-0.15, -0.1) is 0 Å². The van der Waals surface area contributed by atoms with Gasteiger partial charge in [0, 0.05) is 31.6 Å². The van der Waals surface area contributed by atoms with E-state index >= 15 is 0 Å². The third-order valence-corrected chi connectivity index (χ3v) is 6.16. The van der Waals surface area contributed by atoms with Crippen LogP contribution in [0.2, 0.25) is 10.0 Å². The van der Waals surface area contributed by atoms with E-state index in [1.165, 1.54) is 12.1 Å². The number of halogens is 3. The summed E-state index contributed by atoms with van der Waals surface area (Å²) in [5.74, 6) is 0.413.